The molecule has 2 heterocycles. The molecule has 2 aliphatic rings. The largest absolute Gasteiger partial charge is 0.390 e. The van der Waals surface area contributed by atoms with Crippen molar-refractivity contribution in [1.29, 1.82) is 0 Å². The number of ether oxygens (including phenoxy) is 2. The van der Waals surface area contributed by atoms with Gasteiger partial charge in [-0.05, 0) is 25.7 Å². The second-order valence-corrected chi connectivity index (χ2v) is 4.02. The van der Waals surface area contributed by atoms with Gasteiger partial charge < -0.3 is 14.6 Å². The minimum atomic E-state index is -0.303. The maximum Gasteiger partial charge on any atom is 0.0852 e. The van der Waals surface area contributed by atoms with Crippen LogP contribution in [0.25, 0.3) is 0 Å². The third-order valence-corrected chi connectivity index (χ3v) is 3.04. The van der Waals surface area contributed by atoms with E-state index in [2.05, 4.69) is 0 Å². The number of hydrogen-bond donors (Lipinski definition) is 1. The molecule has 2 rings (SSSR count). The molecule has 0 aromatic rings. The molecule has 0 aromatic carbocycles. The normalized spacial score (nSPS) is 37.6. The smallest absolute Gasteiger partial charge is 0.0852 e. The van der Waals surface area contributed by atoms with Gasteiger partial charge in [-0.15, -0.1) is 0 Å². The first kappa shape index (κ1) is 9.44. The zero-order valence-electron chi connectivity index (χ0n) is 7.95. The second-order valence-electron chi connectivity index (χ2n) is 4.02. The summed E-state index contributed by atoms with van der Waals surface area (Å²) in [6.07, 6.45) is 4.10. The van der Waals surface area contributed by atoms with Gasteiger partial charge in [-0.2, -0.15) is 0 Å². The zero-order valence-corrected chi connectivity index (χ0v) is 7.95. The summed E-state index contributed by atoms with van der Waals surface area (Å²) in [7, 11) is 0. The first-order chi connectivity index (χ1) is 6.38. The van der Waals surface area contributed by atoms with E-state index in [1.54, 1.807) is 0 Å². The molecule has 0 radical (unpaired) electrons. The molecule has 0 spiro atoms. The summed E-state index contributed by atoms with van der Waals surface area (Å²) < 4.78 is 10.8. The Morgan fingerprint density at radius 1 is 1.15 bits per heavy atom. The van der Waals surface area contributed by atoms with Gasteiger partial charge in [0.25, 0.3) is 0 Å². The summed E-state index contributed by atoms with van der Waals surface area (Å²) in [6.45, 7) is 2.32. The highest BCUT2D eigenvalue weighted by atomic mass is 16.5. The Morgan fingerprint density at radius 2 is 2.08 bits per heavy atom. The van der Waals surface area contributed by atoms with Gasteiger partial charge >= 0.3 is 0 Å². The SMILES string of the molecule is OC(C1CCOC1)C1CCCCO1. The van der Waals surface area contributed by atoms with Crippen molar-refractivity contribution in [3.8, 4) is 0 Å². The van der Waals surface area contributed by atoms with Crippen LogP contribution < -0.4 is 0 Å². The fourth-order valence-electron chi connectivity index (χ4n) is 2.16. The average Bonchev–Trinajstić information content (AvgIpc) is 2.71. The molecule has 2 saturated heterocycles. The molecule has 3 atom stereocenters. The lowest BCUT2D eigenvalue weighted by Gasteiger charge is -2.29. The van der Waals surface area contributed by atoms with Gasteiger partial charge in [-0.3, -0.25) is 0 Å². The van der Waals surface area contributed by atoms with Crippen LogP contribution in [0.1, 0.15) is 25.7 Å². The van der Waals surface area contributed by atoms with Crippen molar-refractivity contribution < 1.29 is 14.6 Å². The van der Waals surface area contributed by atoms with Crippen LogP contribution in [0.4, 0.5) is 0 Å². The van der Waals surface area contributed by atoms with Gasteiger partial charge in [0.15, 0.2) is 0 Å². The molecule has 0 aromatic heterocycles. The van der Waals surface area contributed by atoms with E-state index < -0.39 is 0 Å². The molecule has 1 N–H and O–H groups in total. The van der Waals surface area contributed by atoms with Crippen LogP contribution in [0.5, 0.6) is 0 Å². The summed E-state index contributed by atoms with van der Waals surface area (Å²) in [5.74, 6) is 0.308. The molecular weight excluding hydrogens is 168 g/mol. The third kappa shape index (κ3) is 2.22. The van der Waals surface area contributed by atoms with Crippen LogP contribution in [0, 0.1) is 5.92 Å². The highest BCUT2D eigenvalue weighted by molar-refractivity contribution is 4.81. The van der Waals surface area contributed by atoms with Crippen LogP contribution in [-0.4, -0.2) is 37.1 Å². The fraction of sp³-hybridized carbons (Fsp3) is 1.00. The Morgan fingerprint density at radius 3 is 2.69 bits per heavy atom. The Hall–Kier alpha value is -0.120. The van der Waals surface area contributed by atoms with E-state index >= 15 is 0 Å². The maximum atomic E-state index is 9.97. The van der Waals surface area contributed by atoms with E-state index in [1.807, 2.05) is 0 Å². The van der Waals surface area contributed by atoms with Gasteiger partial charge in [0.1, 0.15) is 0 Å². The average molecular weight is 186 g/mol. The van der Waals surface area contributed by atoms with Crippen molar-refractivity contribution in [3.05, 3.63) is 0 Å². The molecule has 2 fully saturated rings. The molecule has 0 amide bonds. The molecule has 3 unspecified atom stereocenters. The molecule has 3 heteroatoms. The van der Waals surface area contributed by atoms with Gasteiger partial charge in [-0.25, -0.2) is 0 Å². The highest BCUT2D eigenvalue weighted by Crippen LogP contribution is 2.25. The summed E-state index contributed by atoms with van der Waals surface area (Å²) >= 11 is 0. The molecule has 0 aliphatic carbocycles. The minimum absolute atomic E-state index is 0.0699. The Bertz CT molecular complexity index is 148. The number of rotatable bonds is 2. The number of aliphatic hydroxyl groups is 1. The van der Waals surface area contributed by atoms with Crippen LogP contribution in [-0.2, 0) is 9.47 Å². The lowest BCUT2D eigenvalue weighted by Crippen LogP contribution is -2.37. The summed E-state index contributed by atoms with van der Waals surface area (Å²) in [5, 5.41) is 9.97. The molecule has 2 aliphatic heterocycles. The molecular formula is C10H18O3. The maximum absolute atomic E-state index is 9.97. The summed E-state index contributed by atoms with van der Waals surface area (Å²) in [6, 6.07) is 0. The Kier molecular flexibility index (Phi) is 3.19. The fourth-order valence-corrected chi connectivity index (χ4v) is 2.16. The van der Waals surface area contributed by atoms with Crippen LogP contribution in [0.3, 0.4) is 0 Å². The summed E-state index contributed by atoms with van der Waals surface area (Å²) in [4.78, 5) is 0. The molecule has 13 heavy (non-hydrogen) atoms. The topological polar surface area (TPSA) is 38.7 Å². The molecule has 0 bridgehead atoms. The van der Waals surface area contributed by atoms with Crippen molar-refractivity contribution >= 4 is 0 Å². The standard InChI is InChI=1S/C10H18O3/c11-10(8-4-6-12-7-8)9-3-1-2-5-13-9/h8-11H,1-7H2. The first-order valence-corrected chi connectivity index (χ1v) is 5.25. The first-order valence-electron chi connectivity index (χ1n) is 5.25. The predicted octanol–water partition coefficient (Wildman–Crippen LogP) is 0.953. The molecule has 3 nitrogen and oxygen atoms in total. The van der Waals surface area contributed by atoms with Crippen molar-refractivity contribution in [1.82, 2.24) is 0 Å². The molecule has 76 valence electrons. The van der Waals surface area contributed by atoms with E-state index in [1.165, 1.54) is 6.42 Å². The van der Waals surface area contributed by atoms with E-state index in [0.717, 1.165) is 32.5 Å². The van der Waals surface area contributed by atoms with E-state index in [-0.39, 0.29) is 12.2 Å². The van der Waals surface area contributed by atoms with Crippen LogP contribution in [0.15, 0.2) is 0 Å². The third-order valence-electron chi connectivity index (χ3n) is 3.04. The summed E-state index contributed by atoms with van der Waals surface area (Å²) in [5.41, 5.74) is 0. The van der Waals surface area contributed by atoms with Crippen molar-refractivity contribution in [3.63, 3.8) is 0 Å². The number of hydrogen-bond acceptors (Lipinski definition) is 3. The lowest BCUT2D eigenvalue weighted by atomic mass is 9.93. The van der Waals surface area contributed by atoms with Crippen molar-refractivity contribution in [2.75, 3.05) is 19.8 Å². The van der Waals surface area contributed by atoms with Crippen LogP contribution >= 0.6 is 0 Å². The van der Waals surface area contributed by atoms with Crippen molar-refractivity contribution in [2.45, 2.75) is 37.9 Å². The number of aliphatic hydroxyl groups excluding tert-OH is 1. The van der Waals surface area contributed by atoms with Gasteiger partial charge in [0, 0.05) is 19.1 Å². The van der Waals surface area contributed by atoms with Gasteiger partial charge in [-0.1, -0.05) is 0 Å². The second kappa shape index (κ2) is 4.40. The van der Waals surface area contributed by atoms with E-state index in [4.69, 9.17) is 9.47 Å². The minimum Gasteiger partial charge on any atom is -0.390 e. The Balaban J connectivity index is 1.83. The van der Waals surface area contributed by atoms with Gasteiger partial charge in [0.2, 0.25) is 0 Å². The van der Waals surface area contributed by atoms with Crippen molar-refractivity contribution in [2.24, 2.45) is 5.92 Å². The predicted molar refractivity (Wildman–Crippen MR) is 48.5 cm³/mol. The van der Waals surface area contributed by atoms with Crippen LogP contribution in [0.2, 0.25) is 0 Å². The lowest BCUT2D eigenvalue weighted by molar-refractivity contribution is -0.0833. The quantitative estimate of drug-likeness (QED) is 0.698. The monoisotopic (exact) mass is 186 g/mol. The zero-order chi connectivity index (χ0) is 9.10. The van der Waals surface area contributed by atoms with Gasteiger partial charge in [0.05, 0.1) is 18.8 Å². The molecule has 0 saturated carbocycles. The van der Waals surface area contributed by atoms with E-state index in [0.29, 0.717) is 12.5 Å². The Labute approximate surface area is 79.0 Å². The van der Waals surface area contributed by atoms with E-state index in [9.17, 15) is 5.11 Å². The highest BCUT2D eigenvalue weighted by Gasteiger charge is 2.31.